The number of anilines is 1. The van der Waals surface area contributed by atoms with Crippen LogP contribution in [0.15, 0.2) is 55.1 Å². The molecule has 192 valence electrons. The number of halogens is 2. The smallest absolute Gasteiger partial charge is 0.221 e. The molecule has 10 heteroatoms. The van der Waals surface area contributed by atoms with Crippen molar-refractivity contribution in [1.29, 1.82) is 0 Å². The van der Waals surface area contributed by atoms with E-state index in [0.717, 1.165) is 18.4 Å². The summed E-state index contributed by atoms with van der Waals surface area (Å²) in [6.07, 6.45) is 6.70. The van der Waals surface area contributed by atoms with Gasteiger partial charge in [-0.25, -0.2) is 17.2 Å². The van der Waals surface area contributed by atoms with Crippen LogP contribution in [-0.2, 0) is 16.6 Å². The Labute approximate surface area is 210 Å². The number of piperidine rings is 1. The second-order valence-electron chi connectivity index (χ2n) is 9.65. The summed E-state index contributed by atoms with van der Waals surface area (Å²) >= 11 is 0. The Morgan fingerprint density at radius 1 is 0.944 bits per heavy atom. The molecule has 0 amide bonds. The minimum absolute atomic E-state index is 0.0614. The third-order valence-electron chi connectivity index (χ3n) is 7.60. The third kappa shape index (κ3) is 4.76. The van der Waals surface area contributed by atoms with Crippen molar-refractivity contribution in [1.82, 2.24) is 19.1 Å². The van der Waals surface area contributed by atoms with Crippen molar-refractivity contribution in [3.63, 3.8) is 0 Å². The van der Waals surface area contributed by atoms with E-state index in [1.165, 1.54) is 16.4 Å². The van der Waals surface area contributed by atoms with Crippen molar-refractivity contribution in [2.24, 2.45) is 0 Å². The average molecular weight is 516 g/mol. The standard InChI is InChI=1S/C26H31F2N5O2S/c1-2-21-8-9-26(19-6-4-3-5-7-19)36(34,35)33(21)16-20-14-24(28)25(15-23(20)27)31-12-10-22(11-13-31)32-17-29-30-18-32/h3-7,14-15,17-18,21-22,26H,2,8-13,16H2,1H3/t21-,26+/m0/s1. The van der Waals surface area contributed by atoms with Crippen LogP contribution < -0.4 is 4.90 Å². The van der Waals surface area contributed by atoms with Crippen LogP contribution in [0.2, 0.25) is 0 Å². The molecule has 2 aliphatic rings. The van der Waals surface area contributed by atoms with E-state index in [-0.39, 0.29) is 29.9 Å². The average Bonchev–Trinajstić information content (AvgIpc) is 3.42. The van der Waals surface area contributed by atoms with Gasteiger partial charge in [0.05, 0.1) is 5.69 Å². The van der Waals surface area contributed by atoms with E-state index < -0.39 is 26.9 Å². The lowest BCUT2D eigenvalue weighted by Gasteiger charge is -2.39. The topological polar surface area (TPSA) is 71.3 Å². The van der Waals surface area contributed by atoms with Gasteiger partial charge in [0.25, 0.3) is 0 Å². The highest BCUT2D eigenvalue weighted by Crippen LogP contribution is 2.39. The summed E-state index contributed by atoms with van der Waals surface area (Å²) in [5.74, 6) is -1.12. The van der Waals surface area contributed by atoms with Gasteiger partial charge in [-0.1, -0.05) is 37.3 Å². The van der Waals surface area contributed by atoms with Crippen LogP contribution >= 0.6 is 0 Å². The van der Waals surface area contributed by atoms with Gasteiger partial charge < -0.3 is 9.47 Å². The van der Waals surface area contributed by atoms with Gasteiger partial charge >= 0.3 is 0 Å². The maximum absolute atomic E-state index is 15.3. The van der Waals surface area contributed by atoms with Crippen LogP contribution in [0.1, 0.15) is 61.4 Å². The van der Waals surface area contributed by atoms with E-state index in [2.05, 4.69) is 10.2 Å². The Hall–Kier alpha value is -2.85. The highest BCUT2D eigenvalue weighted by molar-refractivity contribution is 7.89. The number of sulfonamides is 1. The minimum Gasteiger partial charge on any atom is -0.369 e. The van der Waals surface area contributed by atoms with E-state index in [1.54, 1.807) is 12.7 Å². The molecule has 2 saturated heterocycles. The van der Waals surface area contributed by atoms with Gasteiger partial charge in [-0.3, -0.25) is 0 Å². The van der Waals surface area contributed by atoms with Crippen LogP contribution in [0, 0.1) is 11.6 Å². The van der Waals surface area contributed by atoms with Gasteiger partial charge in [-0.2, -0.15) is 4.31 Å². The zero-order valence-electron chi connectivity index (χ0n) is 20.3. The Morgan fingerprint density at radius 3 is 2.31 bits per heavy atom. The van der Waals surface area contributed by atoms with Crippen LogP contribution in [0.5, 0.6) is 0 Å². The number of hydrogen-bond donors (Lipinski definition) is 0. The summed E-state index contributed by atoms with van der Waals surface area (Å²) in [4.78, 5) is 1.85. The number of aromatic nitrogens is 3. The molecule has 0 unspecified atom stereocenters. The summed E-state index contributed by atoms with van der Waals surface area (Å²) < 4.78 is 61.1. The predicted molar refractivity (Wildman–Crippen MR) is 134 cm³/mol. The fraction of sp³-hybridized carbons (Fsp3) is 0.462. The molecule has 0 spiro atoms. The zero-order valence-corrected chi connectivity index (χ0v) is 21.1. The SMILES string of the molecule is CC[C@H]1CC[C@H](c2ccccc2)S(=O)(=O)N1Cc1cc(F)c(N2CCC(n3cnnc3)CC2)cc1F. The highest BCUT2D eigenvalue weighted by atomic mass is 32.2. The molecule has 1 aromatic heterocycles. The third-order valence-corrected chi connectivity index (χ3v) is 9.91. The van der Waals surface area contributed by atoms with Crippen molar-refractivity contribution >= 4 is 15.7 Å². The molecule has 0 saturated carbocycles. The second-order valence-corrected chi connectivity index (χ2v) is 11.7. The van der Waals surface area contributed by atoms with E-state index in [9.17, 15) is 8.42 Å². The summed E-state index contributed by atoms with van der Waals surface area (Å²) in [6.45, 7) is 2.91. The molecule has 0 bridgehead atoms. The molecule has 7 nitrogen and oxygen atoms in total. The molecule has 0 radical (unpaired) electrons. The zero-order chi connectivity index (χ0) is 25.3. The molecule has 36 heavy (non-hydrogen) atoms. The van der Waals surface area contributed by atoms with Gasteiger partial charge in [0.2, 0.25) is 10.0 Å². The molecule has 2 aliphatic heterocycles. The van der Waals surface area contributed by atoms with Crippen LogP contribution in [0.4, 0.5) is 14.5 Å². The lowest BCUT2D eigenvalue weighted by molar-refractivity contribution is 0.256. The molecule has 0 N–H and O–H groups in total. The van der Waals surface area contributed by atoms with E-state index in [4.69, 9.17) is 0 Å². The predicted octanol–water partition coefficient (Wildman–Crippen LogP) is 4.84. The quantitative estimate of drug-likeness (QED) is 0.470. The van der Waals surface area contributed by atoms with Crippen molar-refractivity contribution in [2.75, 3.05) is 18.0 Å². The second kappa shape index (κ2) is 10.3. The van der Waals surface area contributed by atoms with Crippen LogP contribution in [-0.4, -0.2) is 46.6 Å². The van der Waals surface area contributed by atoms with Crippen LogP contribution in [0.3, 0.4) is 0 Å². The fourth-order valence-corrected chi connectivity index (χ4v) is 7.80. The molecule has 2 aromatic carbocycles. The Kier molecular flexibility index (Phi) is 7.07. The van der Waals surface area contributed by atoms with Gasteiger partial charge in [0.15, 0.2) is 0 Å². The van der Waals surface area contributed by atoms with Gasteiger partial charge in [0.1, 0.15) is 29.5 Å². The van der Waals surface area contributed by atoms with Crippen molar-refractivity contribution < 1.29 is 17.2 Å². The first kappa shape index (κ1) is 24.8. The van der Waals surface area contributed by atoms with Crippen molar-refractivity contribution in [3.05, 3.63) is 77.9 Å². The molecular weight excluding hydrogens is 484 g/mol. The van der Waals surface area contributed by atoms with E-state index in [0.29, 0.717) is 32.4 Å². The number of hydrogen-bond acceptors (Lipinski definition) is 5. The molecule has 5 rings (SSSR count). The highest BCUT2D eigenvalue weighted by Gasteiger charge is 2.41. The Morgan fingerprint density at radius 2 is 1.64 bits per heavy atom. The maximum Gasteiger partial charge on any atom is 0.221 e. The minimum atomic E-state index is -3.74. The van der Waals surface area contributed by atoms with E-state index in [1.807, 2.05) is 46.7 Å². The Balaban J connectivity index is 1.36. The number of rotatable bonds is 6. The van der Waals surface area contributed by atoms with Gasteiger partial charge in [-0.05, 0) is 43.7 Å². The maximum atomic E-state index is 15.3. The summed E-state index contributed by atoms with van der Waals surface area (Å²) in [5.41, 5.74) is 1.01. The number of nitrogens with zero attached hydrogens (tertiary/aromatic N) is 5. The summed E-state index contributed by atoms with van der Waals surface area (Å²) in [7, 11) is -3.74. The monoisotopic (exact) mass is 515 g/mol. The normalized spacial score (nSPS) is 23.1. The summed E-state index contributed by atoms with van der Waals surface area (Å²) in [6, 6.07) is 11.5. The van der Waals surface area contributed by atoms with Crippen molar-refractivity contribution in [3.8, 4) is 0 Å². The largest absolute Gasteiger partial charge is 0.369 e. The molecule has 3 aromatic rings. The lowest BCUT2D eigenvalue weighted by atomic mass is 10.0. The Bertz CT molecular complexity index is 1280. The van der Waals surface area contributed by atoms with Gasteiger partial charge in [0, 0.05) is 43.3 Å². The van der Waals surface area contributed by atoms with Crippen molar-refractivity contribution in [2.45, 2.75) is 62.9 Å². The fourth-order valence-electron chi connectivity index (χ4n) is 5.55. The molecule has 2 atom stereocenters. The molecule has 2 fully saturated rings. The van der Waals surface area contributed by atoms with Gasteiger partial charge in [-0.15, -0.1) is 10.2 Å². The van der Waals surface area contributed by atoms with Crippen LogP contribution in [0.25, 0.3) is 0 Å². The number of benzene rings is 2. The first-order valence-electron chi connectivity index (χ1n) is 12.5. The molecule has 0 aliphatic carbocycles. The summed E-state index contributed by atoms with van der Waals surface area (Å²) in [5, 5.41) is 7.01. The first-order valence-corrected chi connectivity index (χ1v) is 14.0. The lowest BCUT2D eigenvalue weighted by Crippen LogP contribution is -2.46. The molecular formula is C26H31F2N5O2S. The molecule has 3 heterocycles. The first-order chi connectivity index (χ1) is 17.4. The van der Waals surface area contributed by atoms with E-state index >= 15 is 8.78 Å².